The van der Waals surface area contributed by atoms with Crippen LogP contribution in [0.5, 0.6) is 0 Å². The molecule has 0 amide bonds. The Morgan fingerprint density at radius 3 is 1.93 bits per heavy atom. The number of nitrogens with two attached hydrogens (primary N) is 1. The van der Waals surface area contributed by atoms with E-state index in [1.54, 1.807) is 0 Å². The van der Waals surface area contributed by atoms with Crippen LogP contribution in [0.3, 0.4) is 0 Å². The van der Waals surface area contributed by atoms with Gasteiger partial charge in [-0.3, -0.25) is 0 Å². The van der Waals surface area contributed by atoms with Gasteiger partial charge < -0.3 is 5.01 Å². The highest BCUT2D eigenvalue weighted by atomic mass is 32.2. The molecule has 0 unspecified atom stereocenters. The summed E-state index contributed by atoms with van der Waals surface area (Å²) in [7, 11) is -3.47. The quantitative estimate of drug-likeness (QED) is 0.320. The fourth-order valence-electron chi connectivity index (χ4n) is 2.72. The van der Waals surface area contributed by atoms with E-state index in [9.17, 15) is 26.0 Å². The predicted molar refractivity (Wildman–Crippen MR) is 105 cm³/mol. The number of halogens is 4. The van der Waals surface area contributed by atoms with E-state index in [0.717, 1.165) is 18.4 Å². The third-order valence-corrected chi connectivity index (χ3v) is 5.33. The number of hydrazine groups is 1. The number of benzene rings is 2. The molecule has 0 saturated carbocycles. The molecule has 0 saturated heterocycles. The number of nitrogens with zero attached hydrogens (tertiary/aromatic N) is 1. The van der Waals surface area contributed by atoms with Gasteiger partial charge in [0.2, 0.25) is 0 Å². The van der Waals surface area contributed by atoms with Crippen molar-refractivity contribution in [3.8, 4) is 0 Å². The van der Waals surface area contributed by atoms with Gasteiger partial charge in [-0.15, -0.1) is 0 Å². The summed E-state index contributed by atoms with van der Waals surface area (Å²) in [6.45, 7) is 5.10. The Morgan fingerprint density at radius 1 is 1.03 bits per heavy atom. The van der Waals surface area contributed by atoms with Crippen LogP contribution in [0.1, 0.15) is 18.1 Å². The molecule has 2 aromatic rings. The SMILES string of the molecule is C=C(/C(=C(\N(N)CC)C(F)(F)F)c1ccc(F)cc1)c1ccc(S(C)(=O)=O)cc1. The first kappa shape index (κ1) is 22.6. The average molecular weight is 428 g/mol. The fourth-order valence-corrected chi connectivity index (χ4v) is 3.35. The molecule has 0 aliphatic heterocycles. The van der Waals surface area contributed by atoms with Crippen molar-refractivity contribution in [2.45, 2.75) is 18.0 Å². The Bertz CT molecular complexity index is 1030. The number of sulfone groups is 1. The summed E-state index contributed by atoms with van der Waals surface area (Å²) in [4.78, 5) is 0.0198. The van der Waals surface area contributed by atoms with E-state index >= 15 is 0 Å². The van der Waals surface area contributed by atoms with Crippen molar-refractivity contribution in [1.29, 1.82) is 0 Å². The van der Waals surface area contributed by atoms with E-state index in [1.807, 2.05) is 0 Å². The lowest BCUT2D eigenvalue weighted by atomic mass is 9.91. The molecule has 0 bridgehead atoms. The summed E-state index contributed by atoms with van der Waals surface area (Å²) in [5.41, 5.74) is -1.16. The molecule has 0 radical (unpaired) electrons. The van der Waals surface area contributed by atoms with Crippen molar-refractivity contribution in [2.24, 2.45) is 5.84 Å². The van der Waals surface area contributed by atoms with E-state index in [-0.39, 0.29) is 33.7 Å². The monoisotopic (exact) mass is 428 g/mol. The second-order valence-corrected chi connectivity index (χ2v) is 8.31. The summed E-state index contributed by atoms with van der Waals surface area (Å²) < 4.78 is 78.3. The number of rotatable bonds is 6. The normalized spacial score (nSPS) is 13.1. The minimum absolute atomic E-state index is 0.0198. The van der Waals surface area contributed by atoms with Gasteiger partial charge in [0.25, 0.3) is 0 Å². The fraction of sp³-hybridized carbons (Fsp3) is 0.200. The maximum Gasteiger partial charge on any atom is 0.433 e. The number of alkyl halides is 3. The molecule has 9 heteroatoms. The van der Waals surface area contributed by atoms with Crippen LogP contribution in [0.4, 0.5) is 17.6 Å². The van der Waals surface area contributed by atoms with Crippen LogP contribution in [0.15, 0.2) is 65.7 Å². The van der Waals surface area contributed by atoms with Crippen molar-refractivity contribution < 1.29 is 26.0 Å². The highest BCUT2D eigenvalue weighted by Gasteiger charge is 2.40. The topological polar surface area (TPSA) is 63.4 Å². The summed E-state index contributed by atoms with van der Waals surface area (Å²) in [5, 5.41) is 0.550. The molecule has 4 nitrogen and oxygen atoms in total. The molecule has 156 valence electrons. The standard InChI is InChI=1S/C20H20F4N2O2S/c1-4-26(25)19(20(22,23)24)18(15-5-9-16(21)10-6-15)13(2)14-7-11-17(12-8-14)29(3,27)28/h5-12H,2,4,25H2,1,3H3/b19-18+. The molecule has 0 atom stereocenters. The third-order valence-electron chi connectivity index (χ3n) is 4.20. The summed E-state index contributed by atoms with van der Waals surface area (Å²) in [6, 6.07) is 9.78. The Balaban J connectivity index is 2.74. The van der Waals surface area contributed by atoms with Gasteiger partial charge in [-0.25, -0.2) is 18.7 Å². The second-order valence-electron chi connectivity index (χ2n) is 6.29. The largest absolute Gasteiger partial charge is 0.433 e. The number of hydrogen-bond donors (Lipinski definition) is 1. The zero-order chi connectivity index (χ0) is 22.0. The van der Waals surface area contributed by atoms with Gasteiger partial charge in [0.05, 0.1) is 4.90 Å². The lowest BCUT2D eigenvalue weighted by Crippen LogP contribution is -2.38. The summed E-state index contributed by atoms with van der Waals surface area (Å²) in [5.74, 6) is 5.02. The first-order valence-corrected chi connectivity index (χ1v) is 10.3. The Labute approximate surface area is 166 Å². The predicted octanol–water partition coefficient (Wildman–Crippen LogP) is 4.41. The minimum atomic E-state index is -4.82. The average Bonchev–Trinajstić information content (AvgIpc) is 2.64. The van der Waals surface area contributed by atoms with Gasteiger partial charge in [0, 0.05) is 18.4 Å². The highest BCUT2D eigenvalue weighted by molar-refractivity contribution is 7.90. The van der Waals surface area contributed by atoms with Gasteiger partial charge in [0.15, 0.2) is 9.84 Å². The minimum Gasteiger partial charge on any atom is -0.307 e. The summed E-state index contributed by atoms with van der Waals surface area (Å²) >= 11 is 0. The van der Waals surface area contributed by atoms with E-state index < -0.39 is 27.5 Å². The van der Waals surface area contributed by atoms with E-state index in [2.05, 4.69) is 6.58 Å². The third kappa shape index (κ3) is 5.24. The van der Waals surface area contributed by atoms with Crippen LogP contribution in [-0.4, -0.2) is 32.4 Å². The number of allylic oxidation sites excluding steroid dienone is 3. The lowest BCUT2D eigenvalue weighted by molar-refractivity contribution is -0.110. The zero-order valence-electron chi connectivity index (χ0n) is 15.8. The maximum absolute atomic E-state index is 13.9. The molecular formula is C20H20F4N2O2S. The van der Waals surface area contributed by atoms with Crippen molar-refractivity contribution in [2.75, 3.05) is 12.8 Å². The molecule has 2 aromatic carbocycles. The van der Waals surface area contributed by atoms with Crippen molar-refractivity contribution >= 4 is 21.0 Å². The lowest BCUT2D eigenvalue weighted by Gasteiger charge is -2.27. The van der Waals surface area contributed by atoms with Gasteiger partial charge in [-0.1, -0.05) is 30.8 Å². The molecular weight excluding hydrogens is 408 g/mol. The van der Waals surface area contributed by atoms with Crippen LogP contribution in [0.2, 0.25) is 0 Å². The first-order valence-electron chi connectivity index (χ1n) is 8.45. The second kappa shape index (κ2) is 8.38. The molecule has 2 N–H and O–H groups in total. The smallest absolute Gasteiger partial charge is 0.307 e. The van der Waals surface area contributed by atoms with Crippen LogP contribution in [0.25, 0.3) is 11.1 Å². The first-order chi connectivity index (χ1) is 13.4. The Kier molecular flexibility index (Phi) is 6.54. The van der Waals surface area contributed by atoms with Gasteiger partial charge in [0.1, 0.15) is 11.5 Å². The van der Waals surface area contributed by atoms with Crippen LogP contribution >= 0.6 is 0 Å². The Hall–Kier alpha value is -2.65. The zero-order valence-corrected chi connectivity index (χ0v) is 16.6. The van der Waals surface area contributed by atoms with Crippen LogP contribution in [0, 0.1) is 5.82 Å². The van der Waals surface area contributed by atoms with Crippen molar-refractivity contribution in [1.82, 2.24) is 5.01 Å². The molecule has 2 rings (SSSR count). The van der Waals surface area contributed by atoms with Gasteiger partial charge in [-0.2, -0.15) is 13.2 Å². The Morgan fingerprint density at radius 2 is 1.52 bits per heavy atom. The van der Waals surface area contributed by atoms with Gasteiger partial charge >= 0.3 is 6.18 Å². The van der Waals surface area contributed by atoms with Crippen LogP contribution < -0.4 is 5.84 Å². The van der Waals surface area contributed by atoms with E-state index in [1.165, 1.54) is 43.3 Å². The van der Waals surface area contributed by atoms with Crippen molar-refractivity contribution in [3.63, 3.8) is 0 Å². The number of hydrogen-bond acceptors (Lipinski definition) is 4. The molecule has 0 spiro atoms. The van der Waals surface area contributed by atoms with Gasteiger partial charge in [-0.05, 0) is 47.9 Å². The maximum atomic E-state index is 13.9. The molecule has 0 heterocycles. The van der Waals surface area contributed by atoms with Crippen LogP contribution in [-0.2, 0) is 9.84 Å². The van der Waals surface area contributed by atoms with E-state index in [0.29, 0.717) is 5.01 Å². The molecule has 0 fully saturated rings. The van der Waals surface area contributed by atoms with E-state index in [4.69, 9.17) is 5.84 Å². The van der Waals surface area contributed by atoms with Crippen molar-refractivity contribution in [3.05, 3.63) is 77.8 Å². The molecule has 0 aliphatic rings. The molecule has 0 aliphatic carbocycles. The highest BCUT2D eigenvalue weighted by Crippen LogP contribution is 2.40. The molecule has 0 aromatic heterocycles. The summed E-state index contributed by atoms with van der Waals surface area (Å²) in [6.07, 6.45) is -3.79. The molecule has 29 heavy (non-hydrogen) atoms.